The number of pyridine rings is 1. The monoisotopic (exact) mass is 389 g/mol. The molecule has 27 heavy (non-hydrogen) atoms. The number of thiazole rings is 1. The van der Waals surface area contributed by atoms with E-state index in [1.165, 1.54) is 11.8 Å². The molecule has 4 aromatic rings. The van der Waals surface area contributed by atoms with E-state index in [1.807, 2.05) is 60.0 Å². The van der Waals surface area contributed by atoms with E-state index in [4.69, 9.17) is 0 Å². The fourth-order valence-corrected chi connectivity index (χ4v) is 4.08. The van der Waals surface area contributed by atoms with Crippen molar-refractivity contribution in [2.75, 3.05) is 5.32 Å². The van der Waals surface area contributed by atoms with Crippen LogP contribution in [0.3, 0.4) is 0 Å². The van der Waals surface area contributed by atoms with Crippen LogP contribution in [-0.2, 0) is 0 Å². The molecule has 4 rings (SSSR count). The second kappa shape index (κ2) is 8.16. The summed E-state index contributed by atoms with van der Waals surface area (Å²) in [6, 6.07) is 21.2. The Morgan fingerprint density at radius 2 is 1.81 bits per heavy atom. The second-order valence-corrected chi connectivity index (χ2v) is 7.60. The number of hydrogen-bond donors (Lipinski definition) is 1. The first-order valence-electron chi connectivity index (χ1n) is 8.29. The number of anilines is 1. The van der Waals surface area contributed by atoms with Crippen LogP contribution in [-0.4, -0.2) is 15.9 Å². The zero-order chi connectivity index (χ0) is 18.5. The van der Waals surface area contributed by atoms with Crippen molar-refractivity contribution in [2.24, 2.45) is 0 Å². The first-order chi connectivity index (χ1) is 13.3. The van der Waals surface area contributed by atoms with Gasteiger partial charge in [-0.1, -0.05) is 42.1 Å². The van der Waals surface area contributed by atoms with E-state index in [0.29, 0.717) is 10.6 Å². The maximum absolute atomic E-state index is 12.8. The highest BCUT2D eigenvalue weighted by molar-refractivity contribution is 7.99. The number of nitrogens with zero attached hydrogens (tertiary/aromatic N) is 2. The summed E-state index contributed by atoms with van der Waals surface area (Å²) in [6.07, 6.45) is 3.47. The summed E-state index contributed by atoms with van der Waals surface area (Å²) in [4.78, 5) is 22.6. The topological polar surface area (TPSA) is 54.9 Å². The molecular weight excluding hydrogens is 374 g/mol. The maximum atomic E-state index is 12.8. The quantitative estimate of drug-likeness (QED) is 0.482. The number of aromatic nitrogens is 2. The lowest BCUT2D eigenvalue weighted by Gasteiger charge is -2.10. The number of rotatable bonds is 5. The molecule has 0 aliphatic rings. The summed E-state index contributed by atoms with van der Waals surface area (Å²) in [5.41, 5.74) is 2.26. The van der Waals surface area contributed by atoms with E-state index >= 15 is 0 Å². The van der Waals surface area contributed by atoms with Crippen LogP contribution < -0.4 is 5.32 Å². The van der Waals surface area contributed by atoms with Gasteiger partial charge in [-0.3, -0.25) is 4.79 Å². The summed E-state index contributed by atoms with van der Waals surface area (Å²) in [5, 5.41) is 6.51. The molecule has 1 N–H and O–H groups in total. The molecule has 0 saturated carbocycles. The summed E-state index contributed by atoms with van der Waals surface area (Å²) >= 11 is 3.04. The zero-order valence-corrected chi connectivity index (χ0v) is 15.8. The van der Waals surface area contributed by atoms with Crippen molar-refractivity contribution in [1.29, 1.82) is 0 Å². The largest absolute Gasteiger partial charge is 0.322 e. The second-order valence-electron chi connectivity index (χ2n) is 5.64. The average molecular weight is 390 g/mol. The number of carbonyl (C=O) groups excluding carboxylic acids is 1. The Kier molecular flexibility index (Phi) is 5.27. The van der Waals surface area contributed by atoms with Gasteiger partial charge in [-0.15, -0.1) is 11.3 Å². The van der Waals surface area contributed by atoms with Gasteiger partial charge in [-0.2, -0.15) is 0 Å². The fourth-order valence-electron chi connectivity index (χ4n) is 2.54. The minimum absolute atomic E-state index is 0.183. The fraction of sp³-hybridized carbons (Fsp3) is 0. The number of carbonyl (C=O) groups is 1. The molecule has 0 bridgehead atoms. The summed E-state index contributed by atoms with van der Waals surface area (Å²) in [5.74, 6) is -0.183. The van der Waals surface area contributed by atoms with Crippen molar-refractivity contribution < 1.29 is 4.79 Å². The van der Waals surface area contributed by atoms with E-state index in [2.05, 4.69) is 15.3 Å². The van der Waals surface area contributed by atoms with Gasteiger partial charge >= 0.3 is 0 Å². The summed E-state index contributed by atoms with van der Waals surface area (Å²) in [7, 11) is 0. The van der Waals surface area contributed by atoms with E-state index in [1.54, 1.807) is 35.9 Å². The molecule has 132 valence electrons. The summed E-state index contributed by atoms with van der Waals surface area (Å²) in [6.45, 7) is 0. The molecule has 4 nitrogen and oxygen atoms in total. The van der Waals surface area contributed by atoms with Gasteiger partial charge in [0.1, 0.15) is 10.0 Å². The van der Waals surface area contributed by atoms with Crippen LogP contribution in [0.25, 0.3) is 10.6 Å². The lowest BCUT2D eigenvalue weighted by molar-refractivity contribution is 0.102. The molecule has 0 unspecified atom stereocenters. The third kappa shape index (κ3) is 4.24. The third-order valence-electron chi connectivity index (χ3n) is 3.77. The molecule has 0 radical (unpaired) electrons. The molecule has 0 fully saturated rings. The van der Waals surface area contributed by atoms with Crippen LogP contribution in [0.4, 0.5) is 5.69 Å². The number of hydrogen-bond acceptors (Lipinski definition) is 5. The van der Waals surface area contributed by atoms with E-state index in [9.17, 15) is 4.79 Å². The molecule has 2 aromatic heterocycles. The molecule has 0 aliphatic carbocycles. The predicted molar refractivity (Wildman–Crippen MR) is 110 cm³/mol. The minimum atomic E-state index is -0.183. The van der Waals surface area contributed by atoms with Crippen LogP contribution in [0.2, 0.25) is 0 Å². The Balaban J connectivity index is 1.56. The van der Waals surface area contributed by atoms with Gasteiger partial charge in [0.25, 0.3) is 5.91 Å². The van der Waals surface area contributed by atoms with Gasteiger partial charge in [-0.25, -0.2) is 9.97 Å². The van der Waals surface area contributed by atoms with Crippen LogP contribution in [0.5, 0.6) is 0 Å². The van der Waals surface area contributed by atoms with Crippen molar-refractivity contribution >= 4 is 34.7 Å². The smallest absolute Gasteiger partial charge is 0.258 e. The molecule has 2 aromatic carbocycles. The average Bonchev–Trinajstić information content (AvgIpc) is 3.24. The molecule has 0 spiro atoms. The molecule has 1 amide bonds. The Labute approximate surface area is 165 Å². The standard InChI is InChI=1S/C21H15N3OS2/c25-19(24-16-7-4-6-15(14-16)20-23-12-13-26-20)18-10-5-11-22-21(18)27-17-8-2-1-3-9-17/h1-14H,(H,24,25). The van der Waals surface area contributed by atoms with Crippen LogP contribution in [0.1, 0.15) is 10.4 Å². The van der Waals surface area contributed by atoms with E-state index in [0.717, 1.165) is 21.2 Å². The molecule has 0 atom stereocenters. The summed E-state index contributed by atoms with van der Waals surface area (Å²) < 4.78 is 0. The van der Waals surface area contributed by atoms with Crippen LogP contribution >= 0.6 is 23.1 Å². The van der Waals surface area contributed by atoms with E-state index < -0.39 is 0 Å². The first-order valence-corrected chi connectivity index (χ1v) is 9.98. The van der Waals surface area contributed by atoms with Crippen molar-refractivity contribution in [3.8, 4) is 10.6 Å². The highest BCUT2D eigenvalue weighted by atomic mass is 32.2. The molecular formula is C21H15N3OS2. The SMILES string of the molecule is O=C(Nc1cccc(-c2nccs2)c1)c1cccnc1Sc1ccccc1. The first kappa shape index (κ1) is 17.5. The molecule has 0 saturated heterocycles. The highest BCUT2D eigenvalue weighted by Crippen LogP contribution is 2.29. The van der Waals surface area contributed by atoms with Gasteiger partial charge in [-0.05, 0) is 36.4 Å². The van der Waals surface area contributed by atoms with Crippen molar-refractivity contribution in [3.63, 3.8) is 0 Å². The normalized spacial score (nSPS) is 10.5. The third-order valence-corrected chi connectivity index (χ3v) is 5.62. The molecule has 0 aliphatic heterocycles. The molecule has 6 heteroatoms. The van der Waals surface area contributed by atoms with Gasteiger partial charge < -0.3 is 5.32 Å². The van der Waals surface area contributed by atoms with Crippen LogP contribution in [0.15, 0.2) is 94.4 Å². The minimum Gasteiger partial charge on any atom is -0.322 e. The van der Waals surface area contributed by atoms with Gasteiger partial charge in [0.05, 0.1) is 5.56 Å². The van der Waals surface area contributed by atoms with Crippen LogP contribution in [0, 0.1) is 0 Å². The lowest BCUT2D eigenvalue weighted by Crippen LogP contribution is -2.13. The van der Waals surface area contributed by atoms with Crippen molar-refractivity contribution in [1.82, 2.24) is 9.97 Å². The Morgan fingerprint density at radius 1 is 0.926 bits per heavy atom. The van der Waals surface area contributed by atoms with Gasteiger partial charge in [0, 0.05) is 33.9 Å². The zero-order valence-electron chi connectivity index (χ0n) is 14.2. The number of amides is 1. The van der Waals surface area contributed by atoms with E-state index in [-0.39, 0.29) is 5.91 Å². The number of nitrogens with one attached hydrogen (secondary N) is 1. The Bertz CT molecular complexity index is 1050. The highest BCUT2D eigenvalue weighted by Gasteiger charge is 2.14. The Hall–Kier alpha value is -2.96. The Morgan fingerprint density at radius 3 is 2.63 bits per heavy atom. The number of benzene rings is 2. The van der Waals surface area contributed by atoms with Crippen molar-refractivity contribution in [2.45, 2.75) is 9.92 Å². The van der Waals surface area contributed by atoms with Gasteiger partial charge in [0.15, 0.2) is 0 Å². The molecule has 2 heterocycles. The van der Waals surface area contributed by atoms with Crippen molar-refractivity contribution in [3.05, 3.63) is 90.1 Å². The van der Waals surface area contributed by atoms with Gasteiger partial charge in [0.2, 0.25) is 0 Å². The maximum Gasteiger partial charge on any atom is 0.258 e. The lowest BCUT2D eigenvalue weighted by atomic mass is 10.2. The predicted octanol–water partition coefficient (Wildman–Crippen LogP) is 5.61.